The molecule has 3 heterocycles. The SMILES string of the molecule is CC[C@H]1OC(=O)C(C)C(O)[C@H](C)[C@@H](O[C@@H]2O[C@H](C)C[C@H](N(C)C)[C@H]2O)[C@@]2(C)C[C@@H](C)CN[C@H](C)[C@H](OC/C=C\CO2)[C@]1(C)O. The minimum Gasteiger partial charge on any atom is -0.459 e. The smallest absolute Gasteiger partial charge is 0.311 e. The summed E-state index contributed by atoms with van der Waals surface area (Å²) in [5.41, 5.74) is -2.47. The average Bonchev–Trinajstić information content (AvgIpc) is 2.96. The molecule has 256 valence electrons. The van der Waals surface area contributed by atoms with Crippen LogP contribution in [0.5, 0.6) is 0 Å². The number of carbonyl (C=O) groups is 1. The first-order chi connectivity index (χ1) is 20.5. The van der Waals surface area contributed by atoms with E-state index in [0.717, 1.165) is 0 Å². The Balaban J connectivity index is 2.13. The summed E-state index contributed by atoms with van der Waals surface area (Å²) in [6.45, 7) is 16.0. The number of likely N-dealkylation sites (N-methyl/N-ethyl adjacent to an activating group) is 1. The number of hydrogen-bond acceptors (Lipinski definition) is 11. The Bertz CT molecular complexity index is 948. The van der Waals surface area contributed by atoms with Gasteiger partial charge in [0.25, 0.3) is 0 Å². The van der Waals surface area contributed by atoms with Crippen molar-refractivity contribution >= 4 is 5.97 Å². The summed E-state index contributed by atoms with van der Waals surface area (Å²) in [4.78, 5) is 15.5. The topological polar surface area (TPSA) is 139 Å². The molecular weight excluding hydrogens is 568 g/mol. The third-order valence-electron chi connectivity index (χ3n) is 9.96. The van der Waals surface area contributed by atoms with Crippen molar-refractivity contribution in [1.82, 2.24) is 10.2 Å². The molecule has 0 amide bonds. The zero-order valence-electron chi connectivity index (χ0n) is 28.6. The van der Waals surface area contributed by atoms with Crippen molar-refractivity contribution in [3.63, 3.8) is 0 Å². The van der Waals surface area contributed by atoms with Crippen molar-refractivity contribution in [1.29, 1.82) is 0 Å². The number of carbonyl (C=O) groups excluding carboxylic acids is 1. The fourth-order valence-corrected chi connectivity index (χ4v) is 7.31. The highest BCUT2D eigenvalue weighted by Gasteiger charge is 2.50. The number of nitrogens with zero attached hydrogens (tertiary/aromatic N) is 1. The monoisotopic (exact) mass is 628 g/mol. The van der Waals surface area contributed by atoms with E-state index in [9.17, 15) is 20.1 Å². The van der Waals surface area contributed by atoms with Gasteiger partial charge in [0.2, 0.25) is 0 Å². The molecule has 3 aliphatic heterocycles. The number of cyclic esters (lactones) is 1. The Morgan fingerprint density at radius 1 is 1.07 bits per heavy atom. The molecule has 0 radical (unpaired) electrons. The predicted molar refractivity (Wildman–Crippen MR) is 167 cm³/mol. The molecule has 0 aromatic rings. The standard InChI is InChI=1S/C33H60N2O9/c1-11-25-33(8,39)29-23(6)34-18-19(2)17-32(7,41-15-13-12-14-40-29)28(21(4)26(36)22(5)30(38)43-25)44-31-27(37)24(35(9)10)16-20(3)42-31/h12-13,19-29,31,34,36-37,39H,11,14-18H2,1-10H3/b13-12-/t19-,20-,21+,22?,23-,24+,25-,26?,27-,28-,29+,31+,32-,33-/m1/s1. The first kappa shape index (κ1) is 37.3. The molecule has 2 fully saturated rings. The fourth-order valence-electron chi connectivity index (χ4n) is 7.31. The van der Waals surface area contributed by atoms with Crippen LogP contribution in [0.3, 0.4) is 0 Å². The molecule has 4 N–H and O–H groups in total. The summed E-state index contributed by atoms with van der Waals surface area (Å²) in [6, 6.07) is -0.468. The lowest BCUT2D eigenvalue weighted by molar-refractivity contribution is -0.303. The van der Waals surface area contributed by atoms with Gasteiger partial charge in [0.05, 0.1) is 43.0 Å². The van der Waals surface area contributed by atoms with Gasteiger partial charge in [0.15, 0.2) is 6.29 Å². The van der Waals surface area contributed by atoms with E-state index in [0.29, 0.717) is 25.8 Å². The van der Waals surface area contributed by atoms with Crippen LogP contribution in [0.15, 0.2) is 12.2 Å². The lowest BCUT2D eigenvalue weighted by Gasteiger charge is -2.48. The molecule has 2 unspecified atom stereocenters. The quantitative estimate of drug-likeness (QED) is 0.269. The van der Waals surface area contributed by atoms with Crippen molar-refractivity contribution in [3.8, 4) is 0 Å². The molecule has 0 aliphatic carbocycles. The van der Waals surface area contributed by atoms with E-state index < -0.39 is 65.8 Å². The highest BCUT2D eigenvalue weighted by molar-refractivity contribution is 5.73. The van der Waals surface area contributed by atoms with Crippen molar-refractivity contribution < 1.29 is 43.8 Å². The Kier molecular flexibility index (Phi) is 13.3. The summed E-state index contributed by atoms with van der Waals surface area (Å²) >= 11 is 0. The van der Waals surface area contributed by atoms with Gasteiger partial charge in [-0.05, 0) is 80.4 Å². The molecule has 44 heavy (non-hydrogen) atoms. The third kappa shape index (κ3) is 8.60. The number of aliphatic hydroxyl groups excluding tert-OH is 2. The molecule has 0 spiro atoms. The Hall–Kier alpha value is -1.15. The Labute approximate surface area is 264 Å². The van der Waals surface area contributed by atoms with Gasteiger partial charge in [-0.25, -0.2) is 0 Å². The normalized spacial score (nSPS) is 47.8. The van der Waals surface area contributed by atoms with Crippen LogP contribution < -0.4 is 5.32 Å². The predicted octanol–water partition coefficient (Wildman–Crippen LogP) is 2.25. The van der Waals surface area contributed by atoms with Crippen LogP contribution in [0.2, 0.25) is 0 Å². The number of fused-ring (bicyclic) bond motifs is 6. The maximum absolute atomic E-state index is 13.6. The van der Waals surface area contributed by atoms with Gasteiger partial charge in [-0.3, -0.25) is 4.79 Å². The maximum Gasteiger partial charge on any atom is 0.311 e. The van der Waals surface area contributed by atoms with Crippen LogP contribution >= 0.6 is 0 Å². The van der Waals surface area contributed by atoms with Gasteiger partial charge < -0.3 is 49.2 Å². The zero-order valence-corrected chi connectivity index (χ0v) is 28.6. The van der Waals surface area contributed by atoms with Gasteiger partial charge in [0, 0.05) is 18.0 Å². The molecule has 2 saturated heterocycles. The Morgan fingerprint density at radius 3 is 2.36 bits per heavy atom. The summed E-state index contributed by atoms with van der Waals surface area (Å²) in [6.07, 6.45) is -0.341. The lowest BCUT2D eigenvalue weighted by atomic mass is 9.77. The largest absolute Gasteiger partial charge is 0.459 e. The van der Waals surface area contributed by atoms with Crippen molar-refractivity contribution in [3.05, 3.63) is 12.2 Å². The highest BCUT2D eigenvalue weighted by Crippen LogP contribution is 2.38. The van der Waals surface area contributed by atoms with E-state index in [1.54, 1.807) is 13.8 Å². The van der Waals surface area contributed by atoms with Crippen molar-refractivity contribution in [2.45, 2.75) is 141 Å². The van der Waals surface area contributed by atoms with Crippen LogP contribution in [0, 0.1) is 17.8 Å². The van der Waals surface area contributed by atoms with E-state index >= 15 is 0 Å². The molecule has 2 bridgehead atoms. The van der Waals surface area contributed by atoms with E-state index in [1.807, 2.05) is 65.8 Å². The molecule has 3 aliphatic rings. The first-order valence-electron chi connectivity index (χ1n) is 16.4. The van der Waals surface area contributed by atoms with E-state index in [2.05, 4.69) is 12.2 Å². The third-order valence-corrected chi connectivity index (χ3v) is 9.96. The summed E-state index contributed by atoms with van der Waals surface area (Å²) in [5.74, 6) is -2.13. The van der Waals surface area contributed by atoms with Crippen LogP contribution in [0.25, 0.3) is 0 Å². The van der Waals surface area contributed by atoms with Crippen molar-refractivity contribution in [2.24, 2.45) is 17.8 Å². The van der Waals surface area contributed by atoms with Gasteiger partial charge in [-0.2, -0.15) is 0 Å². The van der Waals surface area contributed by atoms with Crippen LogP contribution in [0.4, 0.5) is 0 Å². The second-order valence-corrected chi connectivity index (χ2v) is 14.2. The zero-order chi connectivity index (χ0) is 33.0. The maximum atomic E-state index is 13.6. The summed E-state index contributed by atoms with van der Waals surface area (Å²) in [5, 5.41) is 38.5. The molecule has 14 atom stereocenters. The Morgan fingerprint density at radius 2 is 1.73 bits per heavy atom. The van der Waals surface area contributed by atoms with Gasteiger partial charge in [0.1, 0.15) is 23.9 Å². The summed E-state index contributed by atoms with van der Waals surface area (Å²) in [7, 11) is 3.84. The number of nitrogens with one attached hydrogen (secondary N) is 1. The molecule has 11 heteroatoms. The molecule has 0 aromatic carbocycles. The molecule has 11 nitrogen and oxygen atoms in total. The second kappa shape index (κ2) is 15.6. The molecule has 3 rings (SSSR count). The highest BCUT2D eigenvalue weighted by atomic mass is 16.7. The van der Waals surface area contributed by atoms with Crippen LogP contribution in [0.1, 0.15) is 74.7 Å². The van der Waals surface area contributed by atoms with Gasteiger partial charge in [-0.15, -0.1) is 0 Å². The van der Waals surface area contributed by atoms with Gasteiger partial charge >= 0.3 is 5.97 Å². The van der Waals surface area contributed by atoms with Crippen molar-refractivity contribution in [2.75, 3.05) is 33.9 Å². The number of ether oxygens (including phenoxy) is 5. The second-order valence-electron chi connectivity index (χ2n) is 14.2. The number of rotatable bonds is 4. The minimum absolute atomic E-state index is 0.0706. The number of aliphatic hydroxyl groups is 3. The van der Waals surface area contributed by atoms with E-state index in [4.69, 9.17) is 23.7 Å². The van der Waals surface area contributed by atoms with Crippen LogP contribution in [-0.4, -0.2) is 126 Å². The first-order valence-corrected chi connectivity index (χ1v) is 16.4. The molecular formula is C33H60N2O9. The number of hydrogen-bond donors (Lipinski definition) is 4. The molecule has 0 saturated carbocycles. The lowest BCUT2D eigenvalue weighted by Crippen LogP contribution is -2.60. The average molecular weight is 629 g/mol. The summed E-state index contributed by atoms with van der Waals surface area (Å²) < 4.78 is 31.7. The van der Waals surface area contributed by atoms with E-state index in [1.165, 1.54) is 0 Å². The minimum atomic E-state index is -1.52. The van der Waals surface area contributed by atoms with E-state index in [-0.39, 0.29) is 37.3 Å². The number of esters is 1. The van der Waals surface area contributed by atoms with Crippen LogP contribution in [-0.2, 0) is 28.5 Å². The fraction of sp³-hybridized carbons (Fsp3) is 0.909. The molecule has 0 aromatic heterocycles. The van der Waals surface area contributed by atoms with Gasteiger partial charge in [-0.1, -0.05) is 32.9 Å².